The Morgan fingerprint density at radius 1 is 1.39 bits per heavy atom. The van der Waals surface area contributed by atoms with Crippen LogP contribution in [-0.2, 0) is 4.79 Å². The first-order valence-electron chi connectivity index (χ1n) is 8.58. The third-order valence-corrected chi connectivity index (χ3v) is 6.87. The fourth-order valence-electron chi connectivity index (χ4n) is 4.06. The average molecular weight is 397 g/mol. The van der Waals surface area contributed by atoms with E-state index in [4.69, 9.17) is 5.73 Å². The summed E-state index contributed by atoms with van der Waals surface area (Å²) >= 11 is 5.48. The van der Waals surface area contributed by atoms with Crippen molar-refractivity contribution in [3.63, 3.8) is 0 Å². The molecule has 3 nitrogen and oxygen atoms in total. The Hall–Kier alpha value is -0.520. The molecule has 0 bridgehead atoms. The molecule has 1 aromatic rings. The van der Waals surface area contributed by atoms with Crippen LogP contribution in [-0.4, -0.2) is 29.6 Å². The molecule has 0 radical (unpaired) electrons. The molecule has 0 aromatic heterocycles. The lowest BCUT2D eigenvalue weighted by atomic mass is 9.92. The molecule has 3 atom stereocenters. The fraction of sp³-hybridized carbons (Fsp3) is 0.611. The summed E-state index contributed by atoms with van der Waals surface area (Å²) in [7, 11) is 0. The highest BCUT2D eigenvalue weighted by atomic mass is 79.9. The van der Waals surface area contributed by atoms with Gasteiger partial charge >= 0.3 is 0 Å². The van der Waals surface area contributed by atoms with Crippen molar-refractivity contribution in [1.29, 1.82) is 0 Å². The van der Waals surface area contributed by atoms with Gasteiger partial charge in [-0.05, 0) is 62.4 Å². The van der Waals surface area contributed by atoms with Crippen molar-refractivity contribution >= 4 is 33.6 Å². The van der Waals surface area contributed by atoms with Crippen molar-refractivity contribution in [2.75, 3.05) is 18.8 Å². The minimum Gasteiger partial charge on any atom is -0.336 e. The van der Waals surface area contributed by atoms with Crippen molar-refractivity contribution in [2.24, 2.45) is 17.6 Å². The maximum absolute atomic E-state index is 13.2. The van der Waals surface area contributed by atoms with Gasteiger partial charge in [0.25, 0.3) is 0 Å². The van der Waals surface area contributed by atoms with E-state index in [9.17, 15) is 4.79 Å². The van der Waals surface area contributed by atoms with Crippen molar-refractivity contribution in [1.82, 2.24) is 4.90 Å². The molecule has 1 heterocycles. The van der Waals surface area contributed by atoms with Gasteiger partial charge in [-0.1, -0.05) is 22.4 Å². The summed E-state index contributed by atoms with van der Waals surface area (Å²) in [6.45, 7) is 3.51. The molecule has 1 fully saturated rings. The Morgan fingerprint density at radius 3 is 2.96 bits per heavy atom. The number of nitrogens with zero attached hydrogens (tertiary/aromatic N) is 1. The second-order valence-corrected chi connectivity index (χ2v) is 8.54. The highest BCUT2D eigenvalue weighted by Crippen LogP contribution is 2.42. The largest absolute Gasteiger partial charge is 0.336 e. The third-order valence-electron chi connectivity index (χ3n) is 5.26. The Kier molecular flexibility index (Phi) is 5.70. The van der Waals surface area contributed by atoms with E-state index in [0.717, 1.165) is 42.5 Å². The van der Waals surface area contributed by atoms with E-state index in [2.05, 4.69) is 46.0 Å². The monoisotopic (exact) mass is 396 g/mol. The van der Waals surface area contributed by atoms with Crippen LogP contribution >= 0.6 is 27.7 Å². The number of nitrogens with two attached hydrogens (primary N) is 1. The first kappa shape index (κ1) is 17.3. The maximum Gasteiger partial charge on any atom is 0.226 e. The Balaban J connectivity index is 1.87. The average Bonchev–Trinajstić information content (AvgIpc) is 3.04. The van der Waals surface area contributed by atoms with Crippen LogP contribution in [0.3, 0.4) is 0 Å². The van der Waals surface area contributed by atoms with E-state index in [1.54, 1.807) is 0 Å². The molecular weight excluding hydrogens is 372 g/mol. The zero-order chi connectivity index (χ0) is 16.4. The molecule has 0 saturated heterocycles. The van der Waals surface area contributed by atoms with Crippen molar-refractivity contribution in [3.8, 4) is 0 Å². The second-order valence-electron chi connectivity index (χ2n) is 6.49. The molecule has 1 aliphatic carbocycles. The van der Waals surface area contributed by atoms with Gasteiger partial charge in [0.2, 0.25) is 5.91 Å². The number of fused-ring (bicyclic) bond motifs is 1. The molecule has 5 heteroatoms. The third kappa shape index (κ3) is 3.47. The normalized spacial score (nSPS) is 26.8. The number of benzene rings is 1. The van der Waals surface area contributed by atoms with Crippen LogP contribution in [0.4, 0.5) is 0 Å². The SMILES string of the molecule is CCN(C(=O)[C@@H]1CCC[C@@H]1CN)C1CCSc2ccc(Br)cc21. The zero-order valence-corrected chi connectivity index (χ0v) is 16.0. The van der Waals surface area contributed by atoms with Crippen LogP contribution in [0.5, 0.6) is 0 Å². The van der Waals surface area contributed by atoms with Gasteiger partial charge in [0.1, 0.15) is 0 Å². The Labute approximate surface area is 151 Å². The second kappa shape index (κ2) is 7.58. The quantitative estimate of drug-likeness (QED) is 0.828. The number of thioether (sulfide) groups is 1. The maximum atomic E-state index is 13.2. The first-order chi connectivity index (χ1) is 11.2. The van der Waals surface area contributed by atoms with E-state index >= 15 is 0 Å². The molecule has 2 N–H and O–H groups in total. The van der Waals surface area contributed by atoms with Crippen LogP contribution in [0.1, 0.15) is 44.2 Å². The lowest BCUT2D eigenvalue weighted by Gasteiger charge is -2.37. The van der Waals surface area contributed by atoms with Crippen LogP contribution in [0.25, 0.3) is 0 Å². The van der Waals surface area contributed by atoms with Crippen molar-refractivity contribution in [2.45, 2.75) is 43.5 Å². The highest BCUT2D eigenvalue weighted by molar-refractivity contribution is 9.10. The van der Waals surface area contributed by atoms with Crippen molar-refractivity contribution < 1.29 is 4.79 Å². The Bertz CT molecular complexity index is 580. The molecule has 1 aromatic carbocycles. The summed E-state index contributed by atoms with van der Waals surface area (Å²) in [5.41, 5.74) is 7.20. The molecule has 126 valence electrons. The molecule has 1 saturated carbocycles. The minimum atomic E-state index is 0.130. The van der Waals surface area contributed by atoms with E-state index in [0.29, 0.717) is 18.4 Å². The van der Waals surface area contributed by atoms with E-state index < -0.39 is 0 Å². The number of hydrogen-bond acceptors (Lipinski definition) is 3. The number of amides is 1. The molecule has 1 aliphatic heterocycles. The molecule has 2 aliphatic rings. The van der Waals surface area contributed by atoms with Crippen molar-refractivity contribution in [3.05, 3.63) is 28.2 Å². The molecule has 3 rings (SSSR count). The molecular formula is C18H25BrN2OS. The standard InChI is InChI=1S/C18H25BrN2OS/c1-2-21(18(22)14-5-3-4-12(14)11-20)16-8-9-23-17-7-6-13(19)10-15(16)17/h6-7,10,12,14,16H,2-5,8-9,11,20H2,1H3/t12-,14-,16?/m1/s1. The topological polar surface area (TPSA) is 46.3 Å². The summed E-state index contributed by atoms with van der Waals surface area (Å²) in [6.07, 6.45) is 4.28. The predicted molar refractivity (Wildman–Crippen MR) is 99.5 cm³/mol. The highest BCUT2D eigenvalue weighted by Gasteiger charge is 2.37. The lowest BCUT2D eigenvalue weighted by molar-refractivity contribution is -0.139. The number of rotatable bonds is 4. The number of hydrogen-bond donors (Lipinski definition) is 1. The molecule has 23 heavy (non-hydrogen) atoms. The van der Waals surface area contributed by atoms with Gasteiger partial charge in [-0.15, -0.1) is 11.8 Å². The zero-order valence-electron chi connectivity index (χ0n) is 13.6. The van der Waals surface area contributed by atoms with Gasteiger partial charge in [-0.25, -0.2) is 0 Å². The predicted octanol–water partition coefficient (Wildman–Crippen LogP) is 4.21. The first-order valence-corrected chi connectivity index (χ1v) is 10.4. The summed E-state index contributed by atoms with van der Waals surface area (Å²) in [4.78, 5) is 16.6. The number of halogens is 1. The van der Waals surface area contributed by atoms with Gasteiger partial charge in [0, 0.05) is 27.6 Å². The van der Waals surface area contributed by atoms with Crippen LogP contribution in [0, 0.1) is 11.8 Å². The fourth-order valence-corrected chi connectivity index (χ4v) is 5.52. The molecule has 0 spiro atoms. The summed E-state index contributed by atoms with van der Waals surface area (Å²) in [5, 5.41) is 0. The van der Waals surface area contributed by atoms with Crippen LogP contribution < -0.4 is 5.73 Å². The van der Waals surface area contributed by atoms with Gasteiger partial charge in [-0.3, -0.25) is 4.79 Å². The van der Waals surface area contributed by atoms with E-state index in [-0.39, 0.29) is 12.0 Å². The summed E-state index contributed by atoms with van der Waals surface area (Å²) in [6, 6.07) is 6.66. The van der Waals surface area contributed by atoms with Crippen LogP contribution in [0.2, 0.25) is 0 Å². The smallest absolute Gasteiger partial charge is 0.226 e. The number of carbonyl (C=O) groups excluding carboxylic acids is 1. The van der Waals surface area contributed by atoms with Gasteiger partial charge in [0.05, 0.1) is 6.04 Å². The van der Waals surface area contributed by atoms with Gasteiger partial charge in [0.15, 0.2) is 0 Å². The molecule has 1 unspecified atom stereocenters. The Morgan fingerprint density at radius 2 is 2.22 bits per heavy atom. The number of carbonyl (C=O) groups is 1. The van der Waals surface area contributed by atoms with E-state index in [1.165, 1.54) is 10.5 Å². The van der Waals surface area contributed by atoms with E-state index in [1.807, 2.05) is 11.8 Å². The summed E-state index contributed by atoms with van der Waals surface area (Å²) < 4.78 is 1.09. The van der Waals surface area contributed by atoms with Gasteiger partial charge in [-0.2, -0.15) is 0 Å². The van der Waals surface area contributed by atoms with Crippen LogP contribution in [0.15, 0.2) is 27.6 Å². The lowest BCUT2D eigenvalue weighted by Crippen LogP contribution is -2.42. The minimum absolute atomic E-state index is 0.130. The summed E-state index contributed by atoms with van der Waals surface area (Å²) in [5.74, 6) is 1.90. The van der Waals surface area contributed by atoms with Gasteiger partial charge < -0.3 is 10.6 Å². The molecule has 1 amide bonds.